The van der Waals surface area contributed by atoms with E-state index in [4.69, 9.17) is 17.0 Å². The highest BCUT2D eigenvalue weighted by Crippen LogP contribution is 2.12. The molecule has 2 rings (SSSR count). The van der Waals surface area contributed by atoms with Crippen LogP contribution >= 0.6 is 12.2 Å². The Hall–Kier alpha value is -2.60. The zero-order chi connectivity index (χ0) is 18.8. The largest absolute Gasteiger partial charge is 0.494 e. The number of unbranched alkanes of at least 4 members (excludes halogenated alkanes) is 1. The van der Waals surface area contributed by atoms with Crippen molar-refractivity contribution in [3.05, 3.63) is 65.7 Å². The van der Waals surface area contributed by atoms with Crippen molar-refractivity contribution in [1.29, 1.82) is 0 Å². The molecule has 138 valence electrons. The predicted octanol–water partition coefficient (Wildman–Crippen LogP) is 3.52. The summed E-state index contributed by atoms with van der Waals surface area (Å²) < 4.78 is 5.60. The third kappa shape index (κ3) is 6.37. The Morgan fingerprint density at radius 1 is 1.12 bits per heavy atom. The maximum absolute atomic E-state index is 12.3. The first-order valence-electron chi connectivity index (χ1n) is 8.69. The lowest BCUT2D eigenvalue weighted by Crippen LogP contribution is -2.47. The lowest BCUT2D eigenvalue weighted by molar-refractivity contribution is 0.0886. The molecule has 0 saturated heterocycles. The molecule has 2 aromatic carbocycles. The van der Waals surface area contributed by atoms with Crippen LogP contribution in [0.15, 0.2) is 54.6 Å². The fraction of sp³-hybridized carbons (Fsp3) is 0.300. The van der Waals surface area contributed by atoms with Gasteiger partial charge < -0.3 is 10.1 Å². The van der Waals surface area contributed by atoms with Crippen molar-refractivity contribution in [2.75, 3.05) is 13.7 Å². The van der Waals surface area contributed by atoms with Crippen molar-refractivity contribution in [2.24, 2.45) is 0 Å². The molecule has 0 heterocycles. The molecule has 2 aromatic rings. The fourth-order valence-corrected chi connectivity index (χ4v) is 2.31. The zero-order valence-electron chi connectivity index (χ0n) is 15.2. The molecule has 26 heavy (non-hydrogen) atoms. The second-order valence-electron chi connectivity index (χ2n) is 5.87. The molecule has 0 fully saturated rings. The van der Waals surface area contributed by atoms with E-state index in [0.29, 0.717) is 23.8 Å². The Kier molecular flexibility index (Phi) is 7.89. The Morgan fingerprint density at radius 2 is 1.81 bits per heavy atom. The number of hydrazine groups is 1. The van der Waals surface area contributed by atoms with Crippen LogP contribution in [0.5, 0.6) is 5.75 Å². The van der Waals surface area contributed by atoms with Gasteiger partial charge in [0.1, 0.15) is 5.75 Å². The number of nitrogens with one attached hydrogen (secondary N) is 2. The molecule has 0 radical (unpaired) electrons. The second-order valence-corrected chi connectivity index (χ2v) is 6.26. The highest BCUT2D eigenvalue weighted by atomic mass is 32.1. The van der Waals surface area contributed by atoms with E-state index in [2.05, 4.69) is 17.7 Å². The first-order valence-corrected chi connectivity index (χ1v) is 9.10. The van der Waals surface area contributed by atoms with Crippen molar-refractivity contribution in [2.45, 2.75) is 26.3 Å². The van der Waals surface area contributed by atoms with Crippen LogP contribution < -0.4 is 15.5 Å². The van der Waals surface area contributed by atoms with E-state index in [1.54, 1.807) is 31.3 Å². The molecular formula is C20H25N3O2S. The van der Waals surface area contributed by atoms with Crippen molar-refractivity contribution in [3.8, 4) is 5.75 Å². The predicted molar refractivity (Wildman–Crippen MR) is 108 cm³/mol. The number of carbonyl (C=O) groups excluding carboxylic acids is 1. The highest BCUT2D eigenvalue weighted by molar-refractivity contribution is 7.80. The summed E-state index contributed by atoms with van der Waals surface area (Å²) in [7, 11) is 1.71. The zero-order valence-corrected chi connectivity index (χ0v) is 16.0. The van der Waals surface area contributed by atoms with E-state index in [1.807, 2.05) is 30.3 Å². The standard InChI is InChI=1S/C20H25N3O2S/c1-3-4-14-25-18-12-10-17(11-13-18)19(24)22-23(2)20(26)21-15-16-8-6-5-7-9-16/h5-13H,3-4,14-15H2,1-2H3,(H,21,26)(H,22,24). The molecule has 0 spiro atoms. The van der Waals surface area contributed by atoms with E-state index in [0.717, 1.165) is 24.2 Å². The highest BCUT2D eigenvalue weighted by Gasteiger charge is 2.10. The first kappa shape index (κ1) is 19.7. The van der Waals surface area contributed by atoms with Crippen LogP contribution in [0.1, 0.15) is 35.7 Å². The van der Waals surface area contributed by atoms with Crippen LogP contribution in [0, 0.1) is 0 Å². The summed E-state index contributed by atoms with van der Waals surface area (Å²) >= 11 is 5.30. The molecule has 0 atom stereocenters. The average Bonchev–Trinajstić information content (AvgIpc) is 2.67. The summed E-state index contributed by atoms with van der Waals surface area (Å²) in [5, 5.41) is 5.07. The van der Waals surface area contributed by atoms with E-state index < -0.39 is 0 Å². The number of ether oxygens (including phenoxy) is 1. The van der Waals surface area contributed by atoms with Gasteiger partial charge in [-0.3, -0.25) is 15.2 Å². The number of hydrogen-bond donors (Lipinski definition) is 2. The van der Waals surface area contributed by atoms with Gasteiger partial charge in [-0.2, -0.15) is 0 Å². The van der Waals surface area contributed by atoms with E-state index in [1.165, 1.54) is 5.01 Å². The molecule has 0 aromatic heterocycles. The molecule has 0 saturated carbocycles. The summed E-state index contributed by atoms with van der Waals surface area (Å²) in [4.78, 5) is 12.3. The molecule has 0 aliphatic carbocycles. The molecule has 0 aliphatic heterocycles. The Morgan fingerprint density at radius 3 is 2.46 bits per heavy atom. The van der Waals surface area contributed by atoms with Gasteiger partial charge in [-0.05, 0) is 48.5 Å². The molecule has 0 aliphatic rings. The lowest BCUT2D eigenvalue weighted by atomic mass is 10.2. The summed E-state index contributed by atoms with van der Waals surface area (Å²) in [6.45, 7) is 3.41. The van der Waals surface area contributed by atoms with Gasteiger partial charge >= 0.3 is 0 Å². The molecule has 0 bridgehead atoms. The van der Waals surface area contributed by atoms with E-state index >= 15 is 0 Å². The second kappa shape index (κ2) is 10.4. The van der Waals surface area contributed by atoms with Crippen LogP contribution in [-0.4, -0.2) is 29.7 Å². The van der Waals surface area contributed by atoms with Crippen molar-refractivity contribution < 1.29 is 9.53 Å². The normalized spacial score (nSPS) is 10.1. The minimum Gasteiger partial charge on any atom is -0.494 e. The molecule has 1 amide bonds. The van der Waals surface area contributed by atoms with Gasteiger partial charge in [-0.25, -0.2) is 0 Å². The summed E-state index contributed by atoms with van der Waals surface area (Å²) in [5.41, 5.74) is 4.42. The molecule has 6 heteroatoms. The van der Waals surface area contributed by atoms with Gasteiger partial charge in [-0.15, -0.1) is 0 Å². The topological polar surface area (TPSA) is 53.6 Å². The molecule has 0 unspecified atom stereocenters. The minimum absolute atomic E-state index is 0.225. The summed E-state index contributed by atoms with van der Waals surface area (Å²) in [6, 6.07) is 17.0. The van der Waals surface area contributed by atoms with Crippen molar-refractivity contribution >= 4 is 23.2 Å². The molecule has 2 N–H and O–H groups in total. The first-order chi connectivity index (χ1) is 12.6. The van der Waals surface area contributed by atoms with Gasteiger partial charge in [0.05, 0.1) is 6.61 Å². The van der Waals surface area contributed by atoms with Crippen LogP contribution in [0.25, 0.3) is 0 Å². The van der Waals surface area contributed by atoms with Gasteiger partial charge in [0.25, 0.3) is 5.91 Å². The van der Waals surface area contributed by atoms with Gasteiger partial charge in [0.2, 0.25) is 0 Å². The fourth-order valence-electron chi connectivity index (χ4n) is 2.20. The van der Waals surface area contributed by atoms with Gasteiger partial charge in [0.15, 0.2) is 5.11 Å². The number of amides is 1. The third-order valence-electron chi connectivity index (χ3n) is 3.74. The monoisotopic (exact) mass is 371 g/mol. The maximum Gasteiger partial charge on any atom is 0.269 e. The van der Waals surface area contributed by atoms with Gasteiger partial charge in [0, 0.05) is 19.2 Å². The van der Waals surface area contributed by atoms with Crippen molar-refractivity contribution in [1.82, 2.24) is 15.8 Å². The lowest BCUT2D eigenvalue weighted by Gasteiger charge is -2.21. The average molecular weight is 372 g/mol. The van der Waals surface area contributed by atoms with Crippen molar-refractivity contribution in [3.63, 3.8) is 0 Å². The smallest absolute Gasteiger partial charge is 0.269 e. The molecular weight excluding hydrogens is 346 g/mol. The van der Waals surface area contributed by atoms with Crippen LogP contribution in [0.4, 0.5) is 0 Å². The van der Waals surface area contributed by atoms with E-state index in [-0.39, 0.29) is 5.91 Å². The summed E-state index contributed by atoms with van der Waals surface area (Å²) in [5.74, 6) is 0.542. The van der Waals surface area contributed by atoms with Gasteiger partial charge in [-0.1, -0.05) is 43.7 Å². The third-order valence-corrected chi connectivity index (χ3v) is 4.16. The van der Waals surface area contributed by atoms with Crippen LogP contribution in [0.2, 0.25) is 0 Å². The number of benzene rings is 2. The Labute approximate surface area is 160 Å². The van der Waals surface area contributed by atoms with Crippen LogP contribution in [0.3, 0.4) is 0 Å². The summed E-state index contributed by atoms with van der Waals surface area (Å²) in [6.07, 6.45) is 2.10. The number of thiocarbonyl (C=S) groups is 1. The SMILES string of the molecule is CCCCOc1ccc(C(=O)NN(C)C(=S)NCc2ccccc2)cc1. The van der Waals surface area contributed by atoms with Crippen LogP contribution in [-0.2, 0) is 6.54 Å². The number of carbonyl (C=O) groups is 1. The Bertz CT molecular complexity index is 705. The number of nitrogens with zero attached hydrogens (tertiary/aromatic N) is 1. The minimum atomic E-state index is -0.225. The quantitative estimate of drug-likeness (QED) is 0.443. The maximum atomic E-state index is 12.3. The number of rotatable bonds is 7. The number of hydrogen-bond acceptors (Lipinski definition) is 3. The Balaban J connectivity index is 1.81. The molecule has 5 nitrogen and oxygen atoms in total. The van der Waals surface area contributed by atoms with E-state index in [9.17, 15) is 4.79 Å².